The summed E-state index contributed by atoms with van der Waals surface area (Å²) >= 11 is 0. The van der Waals surface area contributed by atoms with Crippen LogP contribution in [0.15, 0.2) is 36.5 Å². The van der Waals surface area contributed by atoms with Gasteiger partial charge in [0, 0.05) is 19.9 Å². The van der Waals surface area contributed by atoms with E-state index in [9.17, 15) is 24.2 Å². The van der Waals surface area contributed by atoms with E-state index in [2.05, 4.69) is 57.7 Å². The molecule has 0 aliphatic rings. The molecule has 0 spiro atoms. The number of allylic oxidation sites excluding steroid dienone is 6. The van der Waals surface area contributed by atoms with Gasteiger partial charge in [-0.3, -0.25) is 18.6 Å². The molecule has 2 atom stereocenters. The molecule has 0 aliphatic carbocycles. The molecule has 9 nitrogen and oxygen atoms in total. The second-order valence-corrected chi connectivity index (χ2v) is 10.9. The maximum Gasteiger partial charge on any atom is 0.472 e. The van der Waals surface area contributed by atoms with Crippen molar-refractivity contribution in [2.45, 2.75) is 110 Å². The lowest BCUT2D eigenvalue weighted by Crippen LogP contribution is -2.25. The topological polar surface area (TPSA) is 131 Å². The first kappa shape index (κ1) is 37.2. The van der Waals surface area contributed by atoms with Crippen molar-refractivity contribution in [1.82, 2.24) is 5.32 Å². The Morgan fingerprint density at radius 2 is 1.38 bits per heavy atom. The zero-order valence-electron chi connectivity index (χ0n) is 24.1. The summed E-state index contributed by atoms with van der Waals surface area (Å²) in [5, 5.41) is 12.2. The average molecular weight is 574 g/mol. The quantitative estimate of drug-likeness (QED) is 0.0475. The second kappa shape index (κ2) is 26.5. The van der Waals surface area contributed by atoms with E-state index < -0.39 is 26.5 Å². The number of carbonyl (C=O) groups is 2. The van der Waals surface area contributed by atoms with Gasteiger partial charge in [-0.2, -0.15) is 0 Å². The van der Waals surface area contributed by atoms with Gasteiger partial charge in [-0.1, -0.05) is 81.9 Å². The lowest BCUT2D eigenvalue weighted by atomic mass is 10.1. The largest absolute Gasteiger partial charge is 0.472 e. The van der Waals surface area contributed by atoms with Gasteiger partial charge in [0.15, 0.2) is 0 Å². The molecule has 0 saturated carbocycles. The number of aliphatic hydroxyl groups is 1. The van der Waals surface area contributed by atoms with Crippen molar-refractivity contribution in [3.05, 3.63) is 36.5 Å². The third-order valence-electron chi connectivity index (χ3n) is 5.62. The summed E-state index contributed by atoms with van der Waals surface area (Å²) in [4.78, 5) is 32.0. The van der Waals surface area contributed by atoms with Crippen LogP contribution in [0.2, 0.25) is 0 Å². The van der Waals surface area contributed by atoms with Gasteiger partial charge in [-0.15, -0.1) is 0 Å². The van der Waals surface area contributed by atoms with E-state index in [0.29, 0.717) is 0 Å². The minimum Gasteiger partial charge on any atom is -0.463 e. The molecule has 0 saturated heterocycles. The molecule has 0 rings (SSSR count). The van der Waals surface area contributed by atoms with Crippen LogP contribution >= 0.6 is 7.82 Å². The summed E-state index contributed by atoms with van der Waals surface area (Å²) in [6.45, 7) is 2.52. The lowest BCUT2D eigenvalue weighted by Gasteiger charge is -2.15. The number of phosphoric acid groups is 1. The first-order valence-corrected chi connectivity index (χ1v) is 15.9. The molecule has 3 N–H and O–H groups in total. The molecule has 0 aromatic heterocycles. The highest BCUT2D eigenvalue weighted by molar-refractivity contribution is 7.47. The fraction of sp³-hybridized carbons (Fsp3) is 0.724. The van der Waals surface area contributed by atoms with Crippen LogP contribution in [-0.2, 0) is 27.9 Å². The van der Waals surface area contributed by atoms with E-state index in [4.69, 9.17) is 4.74 Å². The Morgan fingerprint density at radius 1 is 0.821 bits per heavy atom. The van der Waals surface area contributed by atoms with E-state index in [1.54, 1.807) is 0 Å². The molecule has 0 bridgehead atoms. The number of unbranched alkanes of at least 4 members (excludes halogenated alkanes) is 9. The smallest absolute Gasteiger partial charge is 0.463 e. The van der Waals surface area contributed by atoms with Crippen LogP contribution in [0.3, 0.4) is 0 Å². The predicted octanol–water partition coefficient (Wildman–Crippen LogP) is 6.31. The molecular formula is C29H52NO8P. The van der Waals surface area contributed by atoms with Crippen LogP contribution in [0.5, 0.6) is 0 Å². The van der Waals surface area contributed by atoms with Crippen molar-refractivity contribution in [2.75, 3.05) is 26.4 Å². The van der Waals surface area contributed by atoms with Crippen LogP contribution < -0.4 is 5.32 Å². The van der Waals surface area contributed by atoms with E-state index in [1.807, 2.05) is 0 Å². The first-order chi connectivity index (χ1) is 18.8. The molecule has 0 aliphatic heterocycles. The van der Waals surface area contributed by atoms with Gasteiger partial charge in [0.05, 0.1) is 13.2 Å². The van der Waals surface area contributed by atoms with Gasteiger partial charge in [0.2, 0.25) is 5.91 Å². The zero-order valence-corrected chi connectivity index (χ0v) is 25.0. The summed E-state index contributed by atoms with van der Waals surface area (Å²) in [5.41, 5.74) is 0. The highest BCUT2D eigenvalue weighted by Gasteiger charge is 2.23. The summed E-state index contributed by atoms with van der Waals surface area (Å²) in [5.74, 6) is -0.714. The minimum atomic E-state index is -4.36. The number of esters is 1. The van der Waals surface area contributed by atoms with Gasteiger partial charge in [-0.25, -0.2) is 4.57 Å². The van der Waals surface area contributed by atoms with Crippen molar-refractivity contribution in [1.29, 1.82) is 0 Å². The normalized spacial score (nSPS) is 14.3. The van der Waals surface area contributed by atoms with Gasteiger partial charge in [-0.05, 0) is 44.9 Å². The highest BCUT2D eigenvalue weighted by Crippen LogP contribution is 2.42. The maximum atomic E-state index is 11.8. The molecule has 226 valence electrons. The number of amides is 1. The zero-order chi connectivity index (χ0) is 29.0. The minimum absolute atomic E-state index is 0.0523. The van der Waals surface area contributed by atoms with Crippen LogP contribution in [0, 0.1) is 0 Å². The molecule has 0 aromatic carbocycles. The number of phosphoric ester groups is 1. The SMILES string of the molecule is CCCCC/C=C\C/C=C\C/C=C\CCCCCCCCC(=O)OCC(O)COP(=O)(O)OCCNC(C)=O. The van der Waals surface area contributed by atoms with Gasteiger partial charge < -0.3 is 20.1 Å². The Hall–Kier alpha value is -1.77. The van der Waals surface area contributed by atoms with Gasteiger partial charge in [0.25, 0.3) is 0 Å². The molecule has 0 aromatic rings. The van der Waals surface area contributed by atoms with E-state index in [0.717, 1.165) is 44.9 Å². The van der Waals surface area contributed by atoms with Crippen LogP contribution in [0.1, 0.15) is 104 Å². The Kier molecular flexibility index (Phi) is 25.3. The molecule has 2 unspecified atom stereocenters. The predicted molar refractivity (Wildman–Crippen MR) is 155 cm³/mol. The Balaban J connectivity index is 3.58. The summed E-state index contributed by atoms with van der Waals surface area (Å²) in [6.07, 6.45) is 26.8. The van der Waals surface area contributed by atoms with E-state index in [-0.39, 0.29) is 32.1 Å². The molecule has 1 amide bonds. The molecular weight excluding hydrogens is 521 g/mol. The first-order valence-electron chi connectivity index (χ1n) is 14.4. The van der Waals surface area contributed by atoms with Crippen molar-refractivity contribution < 1.29 is 37.9 Å². The number of rotatable bonds is 26. The van der Waals surface area contributed by atoms with Crippen LogP contribution in [-0.4, -0.2) is 54.3 Å². The molecule has 0 heterocycles. The van der Waals surface area contributed by atoms with Crippen LogP contribution in [0.25, 0.3) is 0 Å². The Labute approximate surface area is 235 Å². The Morgan fingerprint density at radius 3 is 2.00 bits per heavy atom. The summed E-state index contributed by atoms with van der Waals surface area (Å²) in [7, 11) is -4.36. The number of carbonyl (C=O) groups excluding carboxylic acids is 2. The maximum absolute atomic E-state index is 11.8. The summed E-state index contributed by atoms with van der Waals surface area (Å²) in [6, 6.07) is 0. The number of hydrogen-bond acceptors (Lipinski definition) is 7. The fourth-order valence-electron chi connectivity index (χ4n) is 3.44. The second-order valence-electron chi connectivity index (χ2n) is 9.46. The monoisotopic (exact) mass is 573 g/mol. The molecule has 0 radical (unpaired) electrons. The molecule has 10 heteroatoms. The third-order valence-corrected chi connectivity index (χ3v) is 6.60. The highest BCUT2D eigenvalue weighted by atomic mass is 31.2. The molecule has 0 fully saturated rings. The number of ether oxygens (including phenoxy) is 1. The van der Waals surface area contributed by atoms with Crippen LogP contribution in [0.4, 0.5) is 0 Å². The average Bonchev–Trinajstić information content (AvgIpc) is 2.90. The lowest BCUT2D eigenvalue weighted by molar-refractivity contribution is -0.147. The van der Waals surface area contributed by atoms with Gasteiger partial charge in [0.1, 0.15) is 12.7 Å². The number of aliphatic hydroxyl groups excluding tert-OH is 1. The summed E-state index contributed by atoms with van der Waals surface area (Å²) < 4.78 is 26.0. The Bertz CT molecular complexity index is 754. The van der Waals surface area contributed by atoms with E-state index >= 15 is 0 Å². The number of hydrogen-bond donors (Lipinski definition) is 3. The van der Waals surface area contributed by atoms with Crippen molar-refractivity contribution in [3.8, 4) is 0 Å². The number of nitrogens with one attached hydrogen (secondary N) is 1. The van der Waals surface area contributed by atoms with Crippen molar-refractivity contribution in [3.63, 3.8) is 0 Å². The molecule has 39 heavy (non-hydrogen) atoms. The third kappa shape index (κ3) is 29.0. The fourth-order valence-corrected chi connectivity index (χ4v) is 4.20. The van der Waals surface area contributed by atoms with Crippen molar-refractivity contribution in [2.24, 2.45) is 0 Å². The van der Waals surface area contributed by atoms with Crippen molar-refractivity contribution >= 4 is 19.7 Å². The standard InChI is InChI=1S/C29H52NO8P/c1-3-4-5-6-7-8-9-10-11-12-13-14-15-16-17-18-19-20-21-22-29(33)36-25-28(32)26-38-39(34,35)37-24-23-30-27(2)31/h7-8,10-11,13-14,28,32H,3-6,9,12,15-26H2,1-2H3,(H,30,31)(H,34,35)/b8-7-,11-10-,14-13-. The van der Waals surface area contributed by atoms with E-state index in [1.165, 1.54) is 45.4 Å². The van der Waals surface area contributed by atoms with Gasteiger partial charge >= 0.3 is 13.8 Å².